The van der Waals surface area contributed by atoms with Gasteiger partial charge in [0.1, 0.15) is 0 Å². The Hall–Kier alpha value is -0.980. The maximum Gasteiger partial charge on any atom is 0.0314 e. The second-order valence-corrected chi connectivity index (χ2v) is 7.57. The lowest BCUT2D eigenvalue weighted by atomic mass is 9.90. The summed E-state index contributed by atoms with van der Waals surface area (Å²) in [7, 11) is 0. The molecule has 0 aromatic heterocycles. The number of nitrogens with two attached hydrogens (primary N) is 1. The van der Waals surface area contributed by atoms with Gasteiger partial charge in [-0.05, 0) is 30.0 Å². The summed E-state index contributed by atoms with van der Waals surface area (Å²) in [4.78, 5) is 0. The van der Waals surface area contributed by atoms with Gasteiger partial charge in [0.15, 0.2) is 0 Å². The number of unbranched alkanes of at least 4 members (excludes halogenated alkanes) is 9. The molecule has 1 heteroatoms. The van der Waals surface area contributed by atoms with Crippen molar-refractivity contribution in [3.8, 4) is 0 Å². The van der Waals surface area contributed by atoms with E-state index in [-0.39, 0.29) is 0 Å². The first-order valence-electron chi connectivity index (χ1n) is 10.6. The Morgan fingerprint density at radius 2 is 1.21 bits per heavy atom. The summed E-state index contributed by atoms with van der Waals surface area (Å²) in [5, 5.41) is 0. The zero-order valence-electron chi connectivity index (χ0n) is 16.4. The molecule has 1 aromatic rings. The fourth-order valence-electron chi connectivity index (χ4n) is 3.66. The van der Waals surface area contributed by atoms with Crippen LogP contribution in [0.25, 0.3) is 0 Å². The molecule has 138 valence electrons. The molecule has 0 aliphatic rings. The van der Waals surface area contributed by atoms with E-state index >= 15 is 0 Å². The van der Waals surface area contributed by atoms with Gasteiger partial charge in [-0.2, -0.15) is 0 Å². The molecule has 0 saturated heterocycles. The molecule has 1 nitrogen and oxygen atoms in total. The second kappa shape index (κ2) is 14.4. The summed E-state index contributed by atoms with van der Waals surface area (Å²) >= 11 is 0. The van der Waals surface area contributed by atoms with Crippen molar-refractivity contribution >= 4 is 5.69 Å². The van der Waals surface area contributed by atoms with E-state index in [1.54, 1.807) is 0 Å². The van der Waals surface area contributed by atoms with Gasteiger partial charge in [0.25, 0.3) is 0 Å². The highest BCUT2D eigenvalue weighted by atomic mass is 14.5. The SMILES string of the molecule is CCCCCCCCCCCCC(CCC)Cc1ccc(N)cc1. The first kappa shape index (κ1) is 21.1. The van der Waals surface area contributed by atoms with Crippen molar-refractivity contribution in [2.45, 2.75) is 104 Å². The molecule has 0 saturated carbocycles. The van der Waals surface area contributed by atoms with Crippen molar-refractivity contribution in [1.29, 1.82) is 0 Å². The zero-order chi connectivity index (χ0) is 17.5. The topological polar surface area (TPSA) is 26.0 Å². The van der Waals surface area contributed by atoms with Crippen LogP contribution in [0.5, 0.6) is 0 Å². The second-order valence-electron chi connectivity index (χ2n) is 7.57. The van der Waals surface area contributed by atoms with Crippen molar-refractivity contribution in [2.75, 3.05) is 5.73 Å². The Balaban J connectivity index is 2.08. The van der Waals surface area contributed by atoms with Crippen LogP contribution in [0.15, 0.2) is 24.3 Å². The average Bonchev–Trinajstić information content (AvgIpc) is 2.58. The number of hydrogen-bond donors (Lipinski definition) is 1. The van der Waals surface area contributed by atoms with E-state index in [0.717, 1.165) is 11.6 Å². The minimum Gasteiger partial charge on any atom is -0.399 e. The van der Waals surface area contributed by atoms with Gasteiger partial charge in [-0.3, -0.25) is 0 Å². The standard InChI is InChI=1S/C23H41N/c1-3-5-6-7-8-9-10-11-12-13-15-21(14-4-2)20-22-16-18-23(24)19-17-22/h16-19,21H,3-15,20,24H2,1-2H3. The number of anilines is 1. The molecule has 1 aromatic carbocycles. The molecule has 0 fully saturated rings. The summed E-state index contributed by atoms with van der Waals surface area (Å²) in [6.45, 7) is 4.60. The monoisotopic (exact) mass is 331 g/mol. The van der Waals surface area contributed by atoms with E-state index in [2.05, 4.69) is 26.0 Å². The van der Waals surface area contributed by atoms with Crippen molar-refractivity contribution in [3.63, 3.8) is 0 Å². The van der Waals surface area contributed by atoms with E-state index in [4.69, 9.17) is 5.73 Å². The summed E-state index contributed by atoms with van der Waals surface area (Å²) in [6.07, 6.45) is 19.6. The predicted molar refractivity (Wildman–Crippen MR) is 109 cm³/mol. The Bertz CT molecular complexity index is 382. The maximum absolute atomic E-state index is 5.79. The van der Waals surface area contributed by atoms with Gasteiger partial charge >= 0.3 is 0 Å². The van der Waals surface area contributed by atoms with Crippen LogP contribution < -0.4 is 5.73 Å². The number of hydrogen-bond acceptors (Lipinski definition) is 1. The highest BCUT2D eigenvalue weighted by Gasteiger charge is 2.08. The van der Waals surface area contributed by atoms with Crippen LogP contribution >= 0.6 is 0 Å². The van der Waals surface area contributed by atoms with Crippen LogP contribution in [0.4, 0.5) is 5.69 Å². The summed E-state index contributed by atoms with van der Waals surface area (Å²) < 4.78 is 0. The Labute approximate surface area is 151 Å². The molecule has 1 rings (SSSR count). The van der Waals surface area contributed by atoms with Crippen LogP contribution in [0, 0.1) is 5.92 Å². The van der Waals surface area contributed by atoms with Crippen molar-refractivity contribution < 1.29 is 0 Å². The molecule has 0 spiro atoms. The third-order valence-electron chi connectivity index (χ3n) is 5.17. The Morgan fingerprint density at radius 1 is 0.667 bits per heavy atom. The molecule has 0 radical (unpaired) electrons. The van der Waals surface area contributed by atoms with E-state index in [1.807, 2.05) is 12.1 Å². The molecule has 0 bridgehead atoms. The van der Waals surface area contributed by atoms with Crippen LogP contribution in [0.3, 0.4) is 0 Å². The molecule has 0 amide bonds. The molecule has 0 aliphatic heterocycles. The smallest absolute Gasteiger partial charge is 0.0314 e. The summed E-state index contributed by atoms with van der Waals surface area (Å²) in [5.74, 6) is 0.854. The quantitative estimate of drug-likeness (QED) is 0.261. The van der Waals surface area contributed by atoms with E-state index in [1.165, 1.54) is 95.5 Å². The highest BCUT2D eigenvalue weighted by Crippen LogP contribution is 2.22. The van der Waals surface area contributed by atoms with E-state index in [9.17, 15) is 0 Å². The third kappa shape index (κ3) is 10.7. The predicted octanol–water partition coefficient (Wildman–Crippen LogP) is 7.54. The fourth-order valence-corrected chi connectivity index (χ4v) is 3.66. The minimum absolute atomic E-state index is 0.854. The Kier molecular flexibility index (Phi) is 12.6. The van der Waals surface area contributed by atoms with Gasteiger partial charge in [-0.25, -0.2) is 0 Å². The molecule has 1 atom stereocenters. The minimum atomic E-state index is 0.854. The van der Waals surface area contributed by atoms with Crippen LogP contribution in [0.2, 0.25) is 0 Å². The first-order chi connectivity index (χ1) is 11.8. The van der Waals surface area contributed by atoms with Gasteiger partial charge in [0.2, 0.25) is 0 Å². The lowest BCUT2D eigenvalue weighted by Gasteiger charge is -2.16. The van der Waals surface area contributed by atoms with Crippen molar-refractivity contribution in [1.82, 2.24) is 0 Å². The highest BCUT2D eigenvalue weighted by molar-refractivity contribution is 5.39. The lowest BCUT2D eigenvalue weighted by Crippen LogP contribution is -2.05. The van der Waals surface area contributed by atoms with Gasteiger partial charge in [0.05, 0.1) is 0 Å². The third-order valence-corrected chi connectivity index (χ3v) is 5.17. The number of rotatable bonds is 15. The van der Waals surface area contributed by atoms with Crippen molar-refractivity contribution in [2.24, 2.45) is 5.92 Å². The molecule has 1 unspecified atom stereocenters. The largest absolute Gasteiger partial charge is 0.399 e. The normalized spacial score (nSPS) is 12.4. The first-order valence-corrected chi connectivity index (χ1v) is 10.6. The molecule has 2 N–H and O–H groups in total. The van der Waals surface area contributed by atoms with Gasteiger partial charge in [-0.15, -0.1) is 0 Å². The van der Waals surface area contributed by atoms with Crippen LogP contribution in [0.1, 0.15) is 103 Å². The molecule has 0 heterocycles. The molecule has 0 aliphatic carbocycles. The van der Waals surface area contributed by atoms with Gasteiger partial charge in [0, 0.05) is 5.69 Å². The summed E-state index contributed by atoms with van der Waals surface area (Å²) in [5.41, 5.74) is 8.12. The fraction of sp³-hybridized carbons (Fsp3) is 0.739. The Morgan fingerprint density at radius 3 is 1.75 bits per heavy atom. The average molecular weight is 332 g/mol. The molecule has 24 heavy (non-hydrogen) atoms. The lowest BCUT2D eigenvalue weighted by molar-refractivity contribution is 0.416. The van der Waals surface area contributed by atoms with E-state index in [0.29, 0.717) is 0 Å². The number of benzene rings is 1. The molecular formula is C23H41N. The van der Waals surface area contributed by atoms with Crippen LogP contribution in [-0.4, -0.2) is 0 Å². The van der Waals surface area contributed by atoms with Gasteiger partial charge in [-0.1, -0.05) is 109 Å². The zero-order valence-corrected chi connectivity index (χ0v) is 16.4. The molecular weight excluding hydrogens is 290 g/mol. The number of nitrogen functional groups attached to an aromatic ring is 1. The van der Waals surface area contributed by atoms with E-state index < -0.39 is 0 Å². The van der Waals surface area contributed by atoms with Crippen molar-refractivity contribution in [3.05, 3.63) is 29.8 Å². The maximum atomic E-state index is 5.79. The summed E-state index contributed by atoms with van der Waals surface area (Å²) in [6, 6.07) is 8.49. The van der Waals surface area contributed by atoms with Crippen LogP contribution in [-0.2, 0) is 6.42 Å². The van der Waals surface area contributed by atoms with Gasteiger partial charge < -0.3 is 5.73 Å².